The molecule has 104 valence electrons. The van der Waals surface area contributed by atoms with Crippen LogP contribution in [0.15, 0.2) is 22.8 Å². The van der Waals surface area contributed by atoms with E-state index in [0.29, 0.717) is 0 Å². The lowest BCUT2D eigenvalue weighted by molar-refractivity contribution is -0.120. The van der Waals surface area contributed by atoms with Crippen molar-refractivity contribution in [3.63, 3.8) is 0 Å². The average molecular weight is 336 g/mol. The molecule has 0 bridgehead atoms. The molecule has 0 spiro atoms. The second-order valence-corrected chi connectivity index (χ2v) is 5.53. The van der Waals surface area contributed by atoms with E-state index >= 15 is 0 Å². The minimum atomic E-state index is -0.0501. The quantitative estimate of drug-likeness (QED) is 0.804. The largest absolute Gasteiger partial charge is 0.482 e. The molecule has 2 heterocycles. The maximum absolute atomic E-state index is 11.7. The maximum Gasteiger partial charge on any atom is 0.264 e. The van der Waals surface area contributed by atoms with Gasteiger partial charge in [-0.15, -0.1) is 0 Å². The van der Waals surface area contributed by atoms with Gasteiger partial charge in [-0.3, -0.25) is 4.79 Å². The number of benzene rings is 1. The van der Waals surface area contributed by atoms with Gasteiger partial charge < -0.3 is 14.2 Å². The molecule has 0 radical (unpaired) electrons. The first-order valence-corrected chi connectivity index (χ1v) is 7.01. The van der Waals surface area contributed by atoms with Crippen LogP contribution in [0.3, 0.4) is 0 Å². The monoisotopic (exact) mass is 335 g/mol. The van der Waals surface area contributed by atoms with Crippen LogP contribution in [0.5, 0.6) is 5.75 Å². The third-order valence-electron chi connectivity index (χ3n) is 3.57. The molecule has 20 heavy (non-hydrogen) atoms. The van der Waals surface area contributed by atoms with Gasteiger partial charge >= 0.3 is 0 Å². The summed E-state index contributed by atoms with van der Waals surface area (Å²) in [6, 6.07) is 5.76. The molecule has 0 N–H and O–H groups in total. The Morgan fingerprint density at radius 2 is 2.10 bits per heavy atom. The van der Waals surface area contributed by atoms with Crippen LogP contribution in [-0.2, 0) is 11.8 Å². The van der Waals surface area contributed by atoms with E-state index < -0.39 is 0 Å². The molecule has 0 saturated carbocycles. The standard InChI is InChI=1S/C14H14BrN3O2/c1-8-16-13(14(15)17(8)2)9-4-5-11-10(6-9)18(3)12(19)7-20-11/h4-6H,7H2,1-3H3. The van der Waals surface area contributed by atoms with Gasteiger partial charge in [-0.25, -0.2) is 4.98 Å². The van der Waals surface area contributed by atoms with E-state index in [1.165, 1.54) is 0 Å². The molecule has 5 nitrogen and oxygen atoms in total. The number of halogens is 1. The van der Waals surface area contributed by atoms with Gasteiger partial charge in [-0.2, -0.15) is 0 Å². The van der Waals surface area contributed by atoms with E-state index in [0.717, 1.165) is 33.1 Å². The van der Waals surface area contributed by atoms with E-state index in [2.05, 4.69) is 20.9 Å². The number of hydrogen-bond donors (Lipinski definition) is 0. The zero-order valence-corrected chi connectivity index (χ0v) is 13.1. The van der Waals surface area contributed by atoms with Crippen molar-refractivity contribution in [3.8, 4) is 17.0 Å². The lowest BCUT2D eigenvalue weighted by Gasteiger charge is -2.26. The van der Waals surface area contributed by atoms with Crippen molar-refractivity contribution in [2.24, 2.45) is 7.05 Å². The minimum absolute atomic E-state index is 0.0501. The van der Waals surface area contributed by atoms with E-state index in [-0.39, 0.29) is 12.5 Å². The Bertz CT molecular complexity index is 709. The van der Waals surface area contributed by atoms with Crippen LogP contribution in [0.1, 0.15) is 5.82 Å². The number of imidazole rings is 1. The number of ether oxygens (including phenoxy) is 1. The molecule has 2 aromatic rings. The zero-order valence-electron chi connectivity index (χ0n) is 11.5. The van der Waals surface area contributed by atoms with Crippen LogP contribution in [0, 0.1) is 6.92 Å². The summed E-state index contributed by atoms with van der Waals surface area (Å²) in [5.74, 6) is 1.59. The van der Waals surface area contributed by atoms with Crippen LogP contribution in [-0.4, -0.2) is 29.1 Å². The predicted molar refractivity (Wildman–Crippen MR) is 80.0 cm³/mol. The second kappa shape index (κ2) is 4.63. The lowest BCUT2D eigenvalue weighted by Crippen LogP contribution is -2.35. The van der Waals surface area contributed by atoms with Crippen LogP contribution in [0.25, 0.3) is 11.3 Å². The van der Waals surface area contributed by atoms with Crippen LogP contribution < -0.4 is 9.64 Å². The van der Waals surface area contributed by atoms with Crippen molar-refractivity contribution in [2.45, 2.75) is 6.92 Å². The molecule has 1 aromatic carbocycles. The number of hydrogen-bond acceptors (Lipinski definition) is 3. The Labute approximate surface area is 125 Å². The normalized spacial score (nSPS) is 14.2. The van der Waals surface area contributed by atoms with Gasteiger partial charge in [-0.1, -0.05) is 0 Å². The van der Waals surface area contributed by atoms with E-state index in [1.807, 2.05) is 36.7 Å². The Kier molecular flexibility index (Phi) is 3.05. The van der Waals surface area contributed by atoms with Gasteiger partial charge in [0.05, 0.1) is 5.69 Å². The number of aromatic nitrogens is 2. The number of rotatable bonds is 1. The van der Waals surface area contributed by atoms with Crippen molar-refractivity contribution < 1.29 is 9.53 Å². The summed E-state index contributed by atoms with van der Waals surface area (Å²) in [5, 5.41) is 0. The van der Waals surface area contributed by atoms with Gasteiger partial charge in [0.1, 0.15) is 21.9 Å². The van der Waals surface area contributed by atoms with E-state index in [9.17, 15) is 4.79 Å². The van der Waals surface area contributed by atoms with Crippen LogP contribution in [0.4, 0.5) is 5.69 Å². The van der Waals surface area contributed by atoms with Crippen molar-refractivity contribution >= 4 is 27.5 Å². The van der Waals surface area contributed by atoms with Gasteiger partial charge in [0.2, 0.25) is 0 Å². The van der Waals surface area contributed by atoms with Gasteiger partial charge in [0, 0.05) is 19.7 Å². The number of carbonyl (C=O) groups is 1. The number of aryl methyl sites for hydroxylation is 1. The van der Waals surface area contributed by atoms with Crippen LogP contribution >= 0.6 is 15.9 Å². The number of nitrogens with zero attached hydrogens (tertiary/aromatic N) is 3. The summed E-state index contributed by atoms with van der Waals surface area (Å²) in [7, 11) is 3.71. The van der Waals surface area contributed by atoms with E-state index in [1.54, 1.807) is 11.9 Å². The Balaban J connectivity index is 2.12. The van der Waals surface area contributed by atoms with Crippen LogP contribution in [0.2, 0.25) is 0 Å². The number of carbonyl (C=O) groups excluding carboxylic acids is 1. The van der Waals surface area contributed by atoms with Crippen molar-refractivity contribution in [2.75, 3.05) is 18.6 Å². The Morgan fingerprint density at radius 1 is 1.35 bits per heavy atom. The summed E-state index contributed by atoms with van der Waals surface area (Å²) in [4.78, 5) is 17.9. The summed E-state index contributed by atoms with van der Waals surface area (Å²) < 4.78 is 8.32. The first kappa shape index (κ1) is 13.2. The molecule has 3 rings (SSSR count). The lowest BCUT2D eigenvalue weighted by atomic mass is 10.1. The number of amides is 1. The number of anilines is 1. The van der Waals surface area contributed by atoms with E-state index in [4.69, 9.17) is 4.74 Å². The molecule has 1 aliphatic rings. The highest BCUT2D eigenvalue weighted by atomic mass is 79.9. The molecule has 1 amide bonds. The first-order valence-electron chi connectivity index (χ1n) is 6.21. The first-order chi connectivity index (χ1) is 9.49. The summed E-state index contributed by atoms with van der Waals surface area (Å²) in [5.41, 5.74) is 2.58. The topological polar surface area (TPSA) is 47.4 Å². The molecule has 0 aliphatic carbocycles. The number of fused-ring (bicyclic) bond motifs is 1. The Hall–Kier alpha value is -1.82. The Morgan fingerprint density at radius 3 is 2.75 bits per heavy atom. The highest BCUT2D eigenvalue weighted by Crippen LogP contribution is 2.37. The highest BCUT2D eigenvalue weighted by Gasteiger charge is 2.23. The zero-order chi connectivity index (χ0) is 14.4. The van der Waals surface area contributed by atoms with Gasteiger partial charge in [-0.05, 0) is 41.1 Å². The van der Waals surface area contributed by atoms with Crippen molar-refractivity contribution in [3.05, 3.63) is 28.6 Å². The average Bonchev–Trinajstić information content (AvgIpc) is 2.70. The molecule has 0 saturated heterocycles. The third kappa shape index (κ3) is 1.91. The van der Waals surface area contributed by atoms with Gasteiger partial charge in [0.25, 0.3) is 5.91 Å². The molecule has 0 fully saturated rings. The summed E-state index contributed by atoms with van der Waals surface area (Å²) >= 11 is 3.55. The molecule has 1 aromatic heterocycles. The fraction of sp³-hybridized carbons (Fsp3) is 0.286. The van der Waals surface area contributed by atoms with Crippen molar-refractivity contribution in [1.29, 1.82) is 0 Å². The van der Waals surface area contributed by atoms with Gasteiger partial charge in [0.15, 0.2) is 6.61 Å². The molecule has 6 heteroatoms. The minimum Gasteiger partial charge on any atom is -0.482 e. The molecule has 0 atom stereocenters. The highest BCUT2D eigenvalue weighted by molar-refractivity contribution is 9.10. The molecule has 1 aliphatic heterocycles. The smallest absolute Gasteiger partial charge is 0.264 e. The summed E-state index contributed by atoms with van der Waals surface area (Å²) in [6.45, 7) is 2.04. The SMILES string of the molecule is Cc1nc(-c2ccc3c(c2)N(C)C(=O)CO3)c(Br)n1C. The fourth-order valence-corrected chi connectivity index (χ4v) is 2.76. The molecular formula is C14H14BrN3O2. The maximum atomic E-state index is 11.7. The molecular weight excluding hydrogens is 322 g/mol. The number of likely N-dealkylation sites (N-methyl/N-ethyl adjacent to an activating group) is 1. The third-order valence-corrected chi connectivity index (χ3v) is 4.48. The predicted octanol–water partition coefficient (Wildman–Crippen LogP) is 2.51. The fourth-order valence-electron chi connectivity index (χ4n) is 2.19. The molecule has 0 unspecified atom stereocenters. The summed E-state index contributed by atoms with van der Waals surface area (Å²) in [6.07, 6.45) is 0. The van der Waals surface area contributed by atoms with Crippen molar-refractivity contribution in [1.82, 2.24) is 9.55 Å². The second-order valence-electron chi connectivity index (χ2n) is 4.78.